The first-order valence-electron chi connectivity index (χ1n) is 5.17. The molecule has 17 heavy (non-hydrogen) atoms. The molecule has 2 aromatic heterocycles. The van der Waals surface area contributed by atoms with Gasteiger partial charge in [-0.2, -0.15) is 0 Å². The first-order chi connectivity index (χ1) is 8.33. The number of aromatic nitrogens is 3. The second kappa shape index (κ2) is 4.22. The minimum Gasteiger partial charge on any atom is -0.237 e. The molecule has 0 aliphatic carbocycles. The quantitative estimate of drug-likeness (QED) is 0.687. The van der Waals surface area contributed by atoms with Crippen molar-refractivity contribution < 1.29 is 0 Å². The first-order valence-corrected chi connectivity index (χ1v) is 5.96. The van der Waals surface area contributed by atoms with E-state index in [-0.39, 0.29) is 0 Å². The second-order valence-corrected chi connectivity index (χ2v) is 4.53. The van der Waals surface area contributed by atoms with E-state index in [1.165, 1.54) is 0 Å². The SMILES string of the molecule is Brc1ccc(-c2ncc3cccnc3n2)cc1. The standard InChI is InChI=1S/C13H8BrN3/c14-11-5-3-9(4-6-11)12-16-8-10-2-1-7-15-13(10)17-12/h1-8H. The third-order valence-electron chi connectivity index (χ3n) is 2.46. The van der Waals surface area contributed by atoms with Crippen molar-refractivity contribution in [2.45, 2.75) is 0 Å². The predicted molar refractivity (Wildman–Crippen MR) is 70.5 cm³/mol. The van der Waals surface area contributed by atoms with E-state index >= 15 is 0 Å². The molecule has 0 amide bonds. The first kappa shape index (κ1) is 10.4. The Kier molecular flexibility index (Phi) is 2.57. The lowest BCUT2D eigenvalue weighted by Crippen LogP contribution is -1.91. The molecule has 82 valence electrons. The van der Waals surface area contributed by atoms with E-state index < -0.39 is 0 Å². The van der Waals surface area contributed by atoms with Crippen LogP contribution in [0.4, 0.5) is 0 Å². The van der Waals surface area contributed by atoms with Crippen LogP contribution >= 0.6 is 15.9 Å². The van der Waals surface area contributed by atoms with Crippen LogP contribution in [0.15, 0.2) is 53.3 Å². The molecule has 0 N–H and O–H groups in total. The van der Waals surface area contributed by atoms with Crippen molar-refractivity contribution in [1.82, 2.24) is 15.0 Å². The summed E-state index contributed by atoms with van der Waals surface area (Å²) in [5.74, 6) is 0.698. The van der Waals surface area contributed by atoms with Crippen LogP contribution in [-0.4, -0.2) is 15.0 Å². The van der Waals surface area contributed by atoms with Crippen LogP contribution in [0.3, 0.4) is 0 Å². The molecule has 1 aromatic carbocycles. The van der Waals surface area contributed by atoms with Gasteiger partial charge in [0.2, 0.25) is 0 Å². The Morgan fingerprint density at radius 3 is 2.59 bits per heavy atom. The topological polar surface area (TPSA) is 38.7 Å². The average molecular weight is 286 g/mol. The molecule has 3 nitrogen and oxygen atoms in total. The third kappa shape index (κ3) is 2.03. The van der Waals surface area contributed by atoms with Crippen molar-refractivity contribution in [3.63, 3.8) is 0 Å². The van der Waals surface area contributed by atoms with Crippen LogP contribution < -0.4 is 0 Å². The molecule has 0 radical (unpaired) electrons. The minimum absolute atomic E-state index is 0.698. The Hall–Kier alpha value is -1.81. The number of fused-ring (bicyclic) bond motifs is 1. The van der Waals surface area contributed by atoms with Gasteiger partial charge in [0.1, 0.15) is 0 Å². The number of hydrogen-bond acceptors (Lipinski definition) is 3. The third-order valence-corrected chi connectivity index (χ3v) is 2.99. The molecule has 0 spiro atoms. The highest BCUT2D eigenvalue weighted by atomic mass is 79.9. The molecule has 0 bridgehead atoms. The zero-order chi connectivity index (χ0) is 11.7. The van der Waals surface area contributed by atoms with Gasteiger partial charge in [0.15, 0.2) is 11.5 Å². The predicted octanol–water partition coefficient (Wildman–Crippen LogP) is 3.45. The van der Waals surface area contributed by atoms with E-state index in [0.717, 1.165) is 21.1 Å². The van der Waals surface area contributed by atoms with Gasteiger partial charge in [-0.05, 0) is 24.3 Å². The summed E-state index contributed by atoms with van der Waals surface area (Å²) < 4.78 is 1.04. The molecule has 0 fully saturated rings. The van der Waals surface area contributed by atoms with Crippen LogP contribution in [0.25, 0.3) is 22.4 Å². The van der Waals surface area contributed by atoms with Gasteiger partial charge in [-0.25, -0.2) is 15.0 Å². The summed E-state index contributed by atoms with van der Waals surface area (Å²) in [4.78, 5) is 13.0. The monoisotopic (exact) mass is 285 g/mol. The summed E-state index contributed by atoms with van der Waals surface area (Å²) in [6, 6.07) is 11.7. The Bertz CT molecular complexity index is 665. The zero-order valence-electron chi connectivity index (χ0n) is 8.84. The smallest absolute Gasteiger partial charge is 0.163 e. The molecule has 0 saturated heterocycles. The van der Waals surface area contributed by atoms with E-state index in [1.807, 2.05) is 36.4 Å². The van der Waals surface area contributed by atoms with Gasteiger partial charge in [-0.3, -0.25) is 0 Å². The maximum Gasteiger partial charge on any atom is 0.163 e. The summed E-state index contributed by atoms with van der Waals surface area (Å²) in [6.45, 7) is 0. The van der Waals surface area contributed by atoms with Gasteiger partial charge in [0.25, 0.3) is 0 Å². The van der Waals surface area contributed by atoms with Gasteiger partial charge in [-0.15, -0.1) is 0 Å². The van der Waals surface area contributed by atoms with Gasteiger partial charge in [-0.1, -0.05) is 28.1 Å². The van der Waals surface area contributed by atoms with E-state index in [2.05, 4.69) is 30.9 Å². The van der Waals surface area contributed by atoms with Gasteiger partial charge in [0, 0.05) is 27.8 Å². The van der Waals surface area contributed by atoms with E-state index in [0.29, 0.717) is 5.82 Å². The van der Waals surface area contributed by atoms with Gasteiger partial charge < -0.3 is 0 Å². The summed E-state index contributed by atoms with van der Waals surface area (Å²) >= 11 is 3.40. The number of benzene rings is 1. The highest BCUT2D eigenvalue weighted by Crippen LogP contribution is 2.19. The summed E-state index contributed by atoms with van der Waals surface area (Å²) in [5.41, 5.74) is 1.71. The van der Waals surface area contributed by atoms with Crippen LogP contribution in [0.5, 0.6) is 0 Å². The van der Waals surface area contributed by atoms with Crippen molar-refractivity contribution in [3.8, 4) is 11.4 Å². The number of pyridine rings is 1. The fourth-order valence-electron chi connectivity index (χ4n) is 1.60. The maximum absolute atomic E-state index is 4.44. The summed E-state index contributed by atoms with van der Waals surface area (Å²) in [7, 11) is 0. The molecular weight excluding hydrogens is 278 g/mol. The maximum atomic E-state index is 4.44. The molecule has 4 heteroatoms. The lowest BCUT2D eigenvalue weighted by molar-refractivity contribution is 1.19. The van der Waals surface area contributed by atoms with Gasteiger partial charge >= 0.3 is 0 Å². The highest BCUT2D eigenvalue weighted by Gasteiger charge is 2.03. The van der Waals surface area contributed by atoms with Crippen LogP contribution in [0, 0.1) is 0 Å². The van der Waals surface area contributed by atoms with Crippen molar-refractivity contribution in [2.24, 2.45) is 0 Å². The molecule has 3 rings (SSSR count). The molecule has 0 aliphatic heterocycles. The summed E-state index contributed by atoms with van der Waals surface area (Å²) in [6.07, 6.45) is 3.54. The fourth-order valence-corrected chi connectivity index (χ4v) is 1.87. The minimum atomic E-state index is 0.698. The van der Waals surface area contributed by atoms with Gasteiger partial charge in [0.05, 0.1) is 0 Å². The van der Waals surface area contributed by atoms with Crippen LogP contribution in [0.2, 0.25) is 0 Å². The Balaban J connectivity index is 2.14. The molecule has 0 saturated carbocycles. The fraction of sp³-hybridized carbons (Fsp3) is 0. The summed E-state index contributed by atoms with van der Waals surface area (Å²) in [5, 5.41) is 0.952. The lowest BCUT2D eigenvalue weighted by Gasteiger charge is -2.01. The molecule has 0 aliphatic rings. The van der Waals surface area contributed by atoms with E-state index in [1.54, 1.807) is 12.4 Å². The molecular formula is C13H8BrN3. The lowest BCUT2D eigenvalue weighted by atomic mass is 10.2. The zero-order valence-corrected chi connectivity index (χ0v) is 10.4. The number of hydrogen-bond donors (Lipinski definition) is 0. The van der Waals surface area contributed by atoms with Crippen LogP contribution in [-0.2, 0) is 0 Å². The normalized spacial score (nSPS) is 10.6. The number of halogens is 1. The van der Waals surface area contributed by atoms with Crippen molar-refractivity contribution in [3.05, 3.63) is 53.3 Å². The molecule has 0 unspecified atom stereocenters. The largest absolute Gasteiger partial charge is 0.237 e. The van der Waals surface area contributed by atoms with Crippen molar-refractivity contribution >= 4 is 27.0 Å². The number of nitrogens with zero attached hydrogens (tertiary/aromatic N) is 3. The Morgan fingerprint density at radius 2 is 1.76 bits per heavy atom. The number of rotatable bonds is 1. The molecule has 2 heterocycles. The van der Waals surface area contributed by atoms with Crippen molar-refractivity contribution in [2.75, 3.05) is 0 Å². The average Bonchev–Trinajstić information content (AvgIpc) is 2.39. The molecule has 3 aromatic rings. The van der Waals surface area contributed by atoms with Crippen molar-refractivity contribution in [1.29, 1.82) is 0 Å². The molecule has 0 atom stereocenters. The van der Waals surface area contributed by atoms with E-state index in [9.17, 15) is 0 Å². The highest BCUT2D eigenvalue weighted by molar-refractivity contribution is 9.10. The van der Waals surface area contributed by atoms with Crippen LogP contribution in [0.1, 0.15) is 0 Å². The Labute approximate surface area is 107 Å². The van der Waals surface area contributed by atoms with E-state index in [4.69, 9.17) is 0 Å². The Morgan fingerprint density at radius 1 is 0.941 bits per heavy atom. The second-order valence-electron chi connectivity index (χ2n) is 3.62.